The number of nitrogens with zero attached hydrogens (tertiary/aromatic N) is 7. The van der Waals surface area contributed by atoms with E-state index in [0.717, 1.165) is 53.8 Å². The van der Waals surface area contributed by atoms with E-state index in [1.54, 1.807) is 12.4 Å². The number of aromatic nitrogens is 4. The molecule has 1 aromatic carbocycles. The van der Waals surface area contributed by atoms with Crippen molar-refractivity contribution < 1.29 is 18.7 Å². The highest BCUT2D eigenvalue weighted by molar-refractivity contribution is 6.09. The molecule has 1 aliphatic carbocycles. The van der Waals surface area contributed by atoms with Gasteiger partial charge in [-0.2, -0.15) is 0 Å². The fourth-order valence-corrected chi connectivity index (χ4v) is 9.41. The largest absolute Gasteiger partial charge is 0.379 e. The number of ether oxygens (including phenoxy) is 1. The van der Waals surface area contributed by atoms with Gasteiger partial charge >= 0.3 is 0 Å². The maximum Gasteiger partial charge on any atom is 0.238 e. The van der Waals surface area contributed by atoms with E-state index in [-0.39, 0.29) is 23.9 Å². The van der Waals surface area contributed by atoms with Crippen LogP contribution in [0.15, 0.2) is 42.9 Å². The SMILES string of the molecule is Cc1cc(Nc2nc(-c3ccc4c(c3)N([C@H]3C[C@@H](N5CCCCC5)C3)C(=O)C43CCN(C(=O)C4(C)COC4)CC3)cc3ncn(C(C)C)c23)c(F)cn1. The first-order chi connectivity index (χ1) is 25.5. The number of nitrogens with one attached hydrogen (secondary N) is 1. The zero-order chi connectivity index (χ0) is 36.6. The first-order valence-electron chi connectivity index (χ1n) is 19.4. The third-order valence-corrected chi connectivity index (χ3v) is 12.7. The van der Waals surface area contributed by atoms with Gasteiger partial charge < -0.3 is 29.3 Å². The van der Waals surface area contributed by atoms with Gasteiger partial charge in [0.25, 0.3) is 0 Å². The lowest BCUT2D eigenvalue weighted by atomic mass is 9.72. The minimum absolute atomic E-state index is 0.107. The van der Waals surface area contributed by atoms with Crippen LogP contribution < -0.4 is 10.2 Å². The number of benzene rings is 1. The van der Waals surface area contributed by atoms with E-state index >= 15 is 4.39 Å². The normalized spacial score (nSPS) is 23.7. The summed E-state index contributed by atoms with van der Waals surface area (Å²) in [6.07, 6.45) is 9.95. The lowest BCUT2D eigenvalue weighted by Crippen LogP contribution is -2.59. The highest BCUT2D eigenvalue weighted by atomic mass is 19.1. The number of amides is 2. The molecule has 278 valence electrons. The molecule has 0 atom stereocenters. The summed E-state index contributed by atoms with van der Waals surface area (Å²) in [6, 6.07) is 10.7. The molecule has 1 spiro atoms. The number of imidazole rings is 1. The van der Waals surface area contributed by atoms with Gasteiger partial charge in [-0.1, -0.05) is 18.6 Å². The van der Waals surface area contributed by atoms with Crippen LogP contribution in [0.2, 0.25) is 0 Å². The number of likely N-dealkylation sites (tertiary alicyclic amines) is 2. The quantitative estimate of drug-likeness (QED) is 0.230. The van der Waals surface area contributed by atoms with Gasteiger partial charge in [0.1, 0.15) is 5.52 Å². The van der Waals surface area contributed by atoms with E-state index in [4.69, 9.17) is 14.7 Å². The zero-order valence-electron chi connectivity index (χ0n) is 31.2. The number of pyridine rings is 2. The molecule has 3 saturated heterocycles. The summed E-state index contributed by atoms with van der Waals surface area (Å²) in [5.74, 6) is 0.341. The summed E-state index contributed by atoms with van der Waals surface area (Å²) in [7, 11) is 0. The lowest BCUT2D eigenvalue weighted by molar-refractivity contribution is -0.170. The molecule has 1 saturated carbocycles. The second kappa shape index (κ2) is 12.9. The molecule has 0 unspecified atom stereocenters. The molecular formula is C41H49FN8O3. The molecule has 0 bridgehead atoms. The first kappa shape index (κ1) is 34.4. The van der Waals surface area contributed by atoms with Gasteiger partial charge in [0.15, 0.2) is 11.6 Å². The van der Waals surface area contributed by atoms with Gasteiger partial charge in [0.2, 0.25) is 11.8 Å². The van der Waals surface area contributed by atoms with E-state index in [9.17, 15) is 9.59 Å². The molecule has 4 aliphatic heterocycles. The number of halogens is 1. The Labute approximate surface area is 309 Å². The van der Waals surface area contributed by atoms with Crippen LogP contribution in [-0.2, 0) is 19.7 Å². The smallest absolute Gasteiger partial charge is 0.238 e. The molecule has 7 heterocycles. The Morgan fingerprint density at radius 1 is 1.00 bits per heavy atom. The average molecular weight is 721 g/mol. The Morgan fingerprint density at radius 2 is 1.75 bits per heavy atom. The molecule has 11 nitrogen and oxygen atoms in total. The minimum atomic E-state index is -0.672. The van der Waals surface area contributed by atoms with Crippen LogP contribution in [0.25, 0.3) is 22.3 Å². The van der Waals surface area contributed by atoms with Crippen molar-refractivity contribution in [3.63, 3.8) is 0 Å². The van der Waals surface area contributed by atoms with E-state index in [2.05, 4.69) is 52.1 Å². The number of rotatable bonds is 7. The third kappa shape index (κ3) is 5.62. The van der Waals surface area contributed by atoms with Gasteiger partial charge in [-0.25, -0.2) is 14.4 Å². The predicted octanol–water partition coefficient (Wildman–Crippen LogP) is 6.53. The van der Waals surface area contributed by atoms with Crippen molar-refractivity contribution in [2.24, 2.45) is 5.41 Å². The second-order valence-electron chi connectivity index (χ2n) is 16.6. The number of carbonyl (C=O) groups excluding carboxylic acids is 2. The molecule has 4 fully saturated rings. The van der Waals surface area contributed by atoms with Crippen LogP contribution in [0.3, 0.4) is 0 Å². The Bertz CT molecular complexity index is 2090. The molecular weight excluding hydrogens is 672 g/mol. The summed E-state index contributed by atoms with van der Waals surface area (Å²) in [5, 5.41) is 3.27. The monoisotopic (exact) mass is 720 g/mol. The number of carbonyl (C=O) groups is 2. The maximum atomic E-state index is 15.0. The van der Waals surface area contributed by atoms with Gasteiger partial charge in [0.05, 0.1) is 53.5 Å². The van der Waals surface area contributed by atoms with Crippen molar-refractivity contribution >= 4 is 40.0 Å². The Morgan fingerprint density at radius 3 is 2.45 bits per heavy atom. The fraction of sp³-hybridized carbons (Fsp3) is 0.537. The van der Waals surface area contributed by atoms with Crippen molar-refractivity contribution in [2.75, 3.05) is 49.6 Å². The second-order valence-corrected chi connectivity index (χ2v) is 16.6. The number of piperidine rings is 2. The highest BCUT2D eigenvalue weighted by Gasteiger charge is 2.56. The standard InChI is InChI=1S/C41H49FN8O3/c1-25(2)49-24-44-34-20-32(45-37(36(34)49)46-33-16-26(3)43-21-31(33)42)27-8-9-30-35(17-27)50(29-18-28(19-29)47-12-6-5-7-13-47)39(52)41(30)10-14-48(15-11-41)38(51)40(4)22-53-23-40/h8-9,16-17,20-21,24-25,28-29H,5-7,10-15,18-19,22-23H2,1-4H3,(H,43,45,46)/t28-,29+. The van der Waals surface area contributed by atoms with E-state index < -0.39 is 16.6 Å². The molecule has 3 aromatic heterocycles. The Balaban J connectivity index is 1.09. The average Bonchev–Trinajstić information content (AvgIpc) is 3.66. The predicted molar refractivity (Wildman–Crippen MR) is 202 cm³/mol. The van der Waals surface area contributed by atoms with Gasteiger partial charge in [-0.3, -0.25) is 14.6 Å². The van der Waals surface area contributed by atoms with E-state index in [0.29, 0.717) is 68.1 Å². The molecule has 12 heteroatoms. The first-order valence-corrected chi connectivity index (χ1v) is 19.4. The number of fused-ring (bicyclic) bond motifs is 3. The third-order valence-electron chi connectivity index (χ3n) is 12.7. The van der Waals surface area contributed by atoms with Gasteiger partial charge in [-0.15, -0.1) is 0 Å². The summed E-state index contributed by atoms with van der Waals surface area (Å²) < 4.78 is 22.5. The van der Waals surface area contributed by atoms with Gasteiger partial charge in [0, 0.05) is 48.2 Å². The molecule has 9 rings (SSSR count). The summed E-state index contributed by atoms with van der Waals surface area (Å²) >= 11 is 0. The summed E-state index contributed by atoms with van der Waals surface area (Å²) in [5.41, 5.74) is 4.94. The number of anilines is 3. The van der Waals surface area contributed by atoms with Crippen LogP contribution in [0, 0.1) is 18.2 Å². The van der Waals surface area contributed by atoms with Crippen molar-refractivity contribution in [3.8, 4) is 11.3 Å². The van der Waals surface area contributed by atoms with E-state index in [1.165, 1.54) is 25.5 Å². The van der Waals surface area contributed by atoms with Crippen molar-refractivity contribution in [1.29, 1.82) is 0 Å². The Kier molecular flexibility index (Phi) is 8.34. The van der Waals surface area contributed by atoms with Crippen LogP contribution in [0.1, 0.15) is 83.0 Å². The van der Waals surface area contributed by atoms with Crippen molar-refractivity contribution in [2.45, 2.75) is 96.2 Å². The maximum absolute atomic E-state index is 15.0. The van der Waals surface area contributed by atoms with Crippen LogP contribution in [0.4, 0.5) is 21.6 Å². The fourth-order valence-electron chi connectivity index (χ4n) is 9.41. The molecule has 5 aliphatic rings. The van der Waals surface area contributed by atoms with E-state index in [1.807, 2.05) is 29.4 Å². The molecule has 2 amide bonds. The highest BCUT2D eigenvalue weighted by Crippen LogP contribution is 2.52. The van der Waals surface area contributed by atoms with Crippen LogP contribution in [0.5, 0.6) is 0 Å². The van der Waals surface area contributed by atoms with Crippen molar-refractivity contribution in [3.05, 3.63) is 59.9 Å². The Hall–Kier alpha value is -4.42. The molecule has 53 heavy (non-hydrogen) atoms. The van der Waals surface area contributed by atoms with Crippen molar-refractivity contribution in [1.82, 2.24) is 29.3 Å². The number of aryl methyl sites for hydroxylation is 1. The lowest BCUT2D eigenvalue weighted by Gasteiger charge is -2.48. The number of hydrogen-bond acceptors (Lipinski definition) is 8. The minimum Gasteiger partial charge on any atom is -0.379 e. The van der Waals surface area contributed by atoms with Gasteiger partial charge in [-0.05, 0) is 103 Å². The number of hydrogen-bond donors (Lipinski definition) is 1. The summed E-state index contributed by atoms with van der Waals surface area (Å²) in [4.78, 5) is 49.0. The molecule has 4 aromatic rings. The zero-order valence-corrected chi connectivity index (χ0v) is 31.2. The molecule has 1 N–H and O–H groups in total. The molecule has 0 radical (unpaired) electrons. The van der Waals surface area contributed by atoms with Crippen LogP contribution in [-0.4, -0.2) is 92.6 Å². The topological polar surface area (TPSA) is 109 Å². The summed E-state index contributed by atoms with van der Waals surface area (Å²) in [6.45, 7) is 12.3. The van der Waals surface area contributed by atoms with Crippen LogP contribution >= 0.6 is 0 Å².